The van der Waals surface area contributed by atoms with Gasteiger partial charge in [0.1, 0.15) is 34.2 Å². The quantitative estimate of drug-likeness (QED) is 0.221. The fourth-order valence-electron chi connectivity index (χ4n) is 6.98. The van der Waals surface area contributed by atoms with Gasteiger partial charge in [-0.1, -0.05) is 103 Å². The molecule has 222 valence electrons. The second-order valence-electron chi connectivity index (χ2n) is 12.4. The van der Waals surface area contributed by atoms with Gasteiger partial charge in [-0.15, -0.1) is 0 Å². The standard InChI is InChI=1S/C40H31N5O/c1-39(38-41-37(26-14-5-3-6-15-26)43-40(2,44-38)27-16-7-4-8-17-27)25-13-22-34(42-39)45-31-20-11-9-19-30(31)35-32(45)24-23-29-28-18-10-12-21-33(28)46-36(29)35/h3-24H,25H2,1-2H3,(H,41,43,44). The first kappa shape index (κ1) is 26.6. The molecule has 7 aromatic rings. The number of hydrogen-bond acceptors (Lipinski definition) is 5. The molecule has 2 aliphatic heterocycles. The van der Waals surface area contributed by atoms with Crippen LogP contribution in [0.25, 0.3) is 43.7 Å². The molecule has 0 spiro atoms. The largest absolute Gasteiger partial charge is 0.455 e. The molecule has 1 N–H and O–H groups in total. The summed E-state index contributed by atoms with van der Waals surface area (Å²) in [5.74, 6) is 2.42. The number of nitrogens with zero attached hydrogens (tertiary/aromatic N) is 4. The molecule has 0 fully saturated rings. The van der Waals surface area contributed by atoms with E-state index in [9.17, 15) is 0 Å². The Bertz CT molecular complexity index is 2450. The first-order valence-electron chi connectivity index (χ1n) is 15.7. The number of hydrogen-bond donors (Lipinski definition) is 1. The van der Waals surface area contributed by atoms with Gasteiger partial charge in [0.15, 0.2) is 5.66 Å². The maximum Gasteiger partial charge on any atom is 0.177 e. The monoisotopic (exact) mass is 597 g/mol. The molecule has 2 aliphatic rings. The molecule has 2 unspecified atom stereocenters. The van der Waals surface area contributed by atoms with Crippen LogP contribution in [-0.4, -0.2) is 27.6 Å². The van der Waals surface area contributed by atoms with E-state index in [0.717, 1.165) is 72.4 Å². The minimum atomic E-state index is -0.813. The molecule has 46 heavy (non-hydrogen) atoms. The minimum absolute atomic E-state index is 0.669. The summed E-state index contributed by atoms with van der Waals surface area (Å²) in [6.07, 6.45) is 5.03. The van der Waals surface area contributed by atoms with Gasteiger partial charge >= 0.3 is 0 Å². The summed E-state index contributed by atoms with van der Waals surface area (Å²) in [4.78, 5) is 16.0. The van der Waals surface area contributed by atoms with E-state index in [1.807, 2.05) is 48.5 Å². The van der Waals surface area contributed by atoms with Crippen LogP contribution in [0, 0.1) is 0 Å². The maximum atomic E-state index is 6.52. The SMILES string of the molecule is CC1(C2=NC(C)(c3ccccc3)N=C(c3ccccc3)N2)CC=CC(n2c3ccccc3c3c4oc5ccccc5c4ccc32)=N1. The Balaban J connectivity index is 1.24. The lowest BCUT2D eigenvalue weighted by molar-refractivity contribution is 0.497. The molecule has 2 atom stereocenters. The summed E-state index contributed by atoms with van der Waals surface area (Å²) >= 11 is 0. The molecule has 5 aromatic carbocycles. The van der Waals surface area contributed by atoms with E-state index in [4.69, 9.17) is 19.4 Å². The molecular formula is C40H31N5O. The number of nitrogens with one attached hydrogen (secondary N) is 1. The fraction of sp³-hybridized carbons (Fsp3) is 0.125. The van der Waals surface area contributed by atoms with Gasteiger partial charge in [-0.3, -0.25) is 9.56 Å². The van der Waals surface area contributed by atoms with E-state index < -0.39 is 11.2 Å². The van der Waals surface area contributed by atoms with Crippen molar-refractivity contribution in [1.29, 1.82) is 0 Å². The summed E-state index contributed by atoms with van der Waals surface area (Å²) < 4.78 is 8.78. The molecular weight excluding hydrogens is 566 g/mol. The van der Waals surface area contributed by atoms with Crippen molar-refractivity contribution >= 4 is 61.3 Å². The van der Waals surface area contributed by atoms with Crippen molar-refractivity contribution < 1.29 is 4.42 Å². The van der Waals surface area contributed by atoms with Crippen molar-refractivity contribution in [2.75, 3.05) is 0 Å². The summed E-state index contributed by atoms with van der Waals surface area (Å²) in [5.41, 5.74) is 4.48. The van der Waals surface area contributed by atoms with E-state index in [2.05, 4.69) is 109 Å². The number of aliphatic imine (C=N–C) groups is 3. The van der Waals surface area contributed by atoms with Crippen LogP contribution in [-0.2, 0) is 5.66 Å². The van der Waals surface area contributed by atoms with Gasteiger partial charge in [0, 0.05) is 27.3 Å². The van der Waals surface area contributed by atoms with Crippen LogP contribution in [0.15, 0.2) is 153 Å². The van der Waals surface area contributed by atoms with Crippen molar-refractivity contribution in [1.82, 2.24) is 9.88 Å². The van der Waals surface area contributed by atoms with E-state index in [1.165, 1.54) is 0 Å². The highest BCUT2D eigenvalue weighted by Gasteiger charge is 2.39. The lowest BCUT2D eigenvalue weighted by Gasteiger charge is -2.36. The van der Waals surface area contributed by atoms with Gasteiger partial charge in [0.25, 0.3) is 0 Å². The molecule has 9 rings (SSSR count). The third-order valence-electron chi connectivity index (χ3n) is 9.33. The highest BCUT2D eigenvalue weighted by Crippen LogP contribution is 2.40. The third kappa shape index (κ3) is 4.00. The van der Waals surface area contributed by atoms with Gasteiger partial charge in [-0.05, 0) is 50.6 Å². The van der Waals surface area contributed by atoms with Crippen LogP contribution in [0.2, 0.25) is 0 Å². The molecule has 0 amide bonds. The van der Waals surface area contributed by atoms with E-state index in [1.54, 1.807) is 0 Å². The highest BCUT2D eigenvalue weighted by atomic mass is 16.3. The van der Waals surface area contributed by atoms with E-state index >= 15 is 0 Å². The van der Waals surface area contributed by atoms with Crippen LogP contribution < -0.4 is 5.32 Å². The average molecular weight is 598 g/mol. The number of aromatic nitrogens is 1. The summed E-state index contributed by atoms with van der Waals surface area (Å²) in [6.45, 7) is 4.23. The zero-order valence-corrected chi connectivity index (χ0v) is 25.6. The first-order chi connectivity index (χ1) is 22.5. The van der Waals surface area contributed by atoms with Crippen LogP contribution >= 0.6 is 0 Å². The van der Waals surface area contributed by atoms with Crippen molar-refractivity contribution in [2.45, 2.75) is 31.5 Å². The smallest absolute Gasteiger partial charge is 0.177 e. The number of amidine groups is 2. The Morgan fingerprint density at radius 3 is 2.22 bits per heavy atom. The van der Waals surface area contributed by atoms with Gasteiger partial charge in [0.2, 0.25) is 0 Å². The number of allylic oxidation sites excluding steroid dienone is 1. The Labute approximate surface area is 266 Å². The van der Waals surface area contributed by atoms with Crippen molar-refractivity contribution in [2.24, 2.45) is 15.0 Å². The number of furan rings is 1. The molecule has 0 radical (unpaired) electrons. The molecule has 0 aliphatic carbocycles. The molecule has 4 heterocycles. The Hall–Kier alpha value is -5.75. The van der Waals surface area contributed by atoms with Crippen molar-refractivity contribution in [3.8, 4) is 0 Å². The predicted molar refractivity (Wildman–Crippen MR) is 189 cm³/mol. The van der Waals surface area contributed by atoms with Gasteiger partial charge in [-0.2, -0.15) is 0 Å². The molecule has 0 saturated heterocycles. The maximum absolute atomic E-state index is 6.52. The average Bonchev–Trinajstić information content (AvgIpc) is 3.65. The predicted octanol–water partition coefficient (Wildman–Crippen LogP) is 8.98. The number of benzene rings is 5. The topological polar surface area (TPSA) is 67.2 Å². The third-order valence-corrected chi connectivity index (χ3v) is 9.33. The molecule has 2 aromatic heterocycles. The number of para-hydroxylation sites is 2. The van der Waals surface area contributed by atoms with Crippen LogP contribution in [0.3, 0.4) is 0 Å². The van der Waals surface area contributed by atoms with Gasteiger partial charge in [-0.25, -0.2) is 9.98 Å². The minimum Gasteiger partial charge on any atom is -0.455 e. The van der Waals surface area contributed by atoms with Gasteiger partial charge in [0.05, 0.1) is 16.4 Å². The second-order valence-corrected chi connectivity index (χ2v) is 12.4. The van der Waals surface area contributed by atoms with Crippen LogP contribution in [0.4, 0.5) is 0 Å². The summed E-state index contributed by atoms with van der Waals surface area (Å²) in [5, 5.41) is 8.08. The second kappa shape index (κ2) is 9.88. The first-order valence-corrected chi connectivity index (χ1v) is 15.7. The number of dihydropyridines is 1. The van der Waals surface area contributed by atoms with Crippen LogP contribution in [0.1, 0.15) is 31.4 Å². The number of fused-ring (bicyclic) bond motifs is 7. The molecule has 6 heteroatoms. The number of rotatable bonds is 3. The highest BCUT2D eigenvalue weighted by molar-refractivity contribution is 6.26. The zero-order valence-electron chi connectivity index (χ0n) is 25.6. The van der Waals surface area contributed by atoms with E-state index in [0.29, 0.717) is 6.42 Å². The molecule has 0 bridgehead atoms. The summed E-state index contributed by atoms with van der Waals surface area (Å²) in [7, 11) is 0. The fourth-order valence-corrected chi connectivity index (χ4v) is 6.98. The summed E-state index contributed by atoms with van der Waals surface area (Å²) in [6, 6.07) is 41.7. The molecule has 6 nitrogen and oxygen atoms in total. The lowest BCUT2D eigenvalue weighted by atomic mass is 9.92. The Morgan fingerprint density at radius 1 is 0.674 bits per heavy atom. The van der Waals surface area contributed by atoms with Gasteiger partial charge < -0.3 is 9.73 Å². The Morgan fingerprint density at radius 2 is 1.39 bits per heavy atom. The van der Waals surface area contributed by atoms with Crippen LogP contribution in [0.5, 0.6) is 0 Å². The Kier molecular flexibility index (Phi) is 5.72. The van der Waals surface area contributed by atoms with Crippen molar-refractivity contribution in [3.05, 3.63) is 145 Å². The van der Waals surface area contributed by atoms with Crippen molar-refractivity contribution in [3.63, 3.8) is 0 Å². The molecule has 0 saturated carbocycles. The van der Waals surface area contributed by atoms with E-state index in [-0.39, 0.29) is 0 Å². The lowest BCUT2D eigenvalue weighted by Crippen LogP contribution is -2.51. The normalized spacial score (nSPS) is 21.4. The zero-order chi connectivity index (χ0) is 30.9.